The van der Waals surface area contributed by atoms with Crippen LogP contribution in [-0.2, 0) is 0 Å². The Bertz CT molecular complexity index is 178. The molecular weight excluding hydrogens is 268 g/mol. The fourth-order valence-corrected chi connectivity index (χ4v) is 1.96. The molecule has 0 unspecified atom stereocenters. The van der Waals surface area contributed by atoms with Gasteiger partial charge in [-0.2, -0.15) is 0 Å². The van der Waals surface area contributed by atoms with Crippen molar-refractivity contribution < 1.29 is 0 Å². The third kappa shape index (κ3) is 3.92. The Morgan fingerprint density at radius 3 is 2.09 bits per heavy atom. The topological polar surface area (TPSA) is 0 Å². The lowest BCUT2D eigenvalue weighted by molar-refractivity contribution is 1.37. The predicted molar refractivity (Wildman–Crippen MR) is 59.6 cm³/mol. The molecule has 0 heterocycles. The van der Waals surface area contributed by atoms with E-state index < -0.39 is 0 Å². The molecule has 0 aliphatic carbocycles. The molecule has 0 spiro atoms. The third-order valence-electron chi connectivity index (χ3n) is 1.37. The van der Waals surface area contributed by atoms with Crippen molar-refractivity contribution in [3.05, 3.63) is 36.0 Å². The van der Waals surface area contributed by atoms with Crippen molar-refractivity contribution in [2.75, 3.05) is 10.7 Å². The Hall–Kier alpha value is 0.180. The van der Waals surface area contributed by atoms with E-state index in [4.69, 9.17) is 0 Å². The monoisotopic (exact) mass is 278 g/mol. The molecule has 62 valence electrons. The summed E-state index contributed by atoms with van der Waals surface area (Å²) < 4.78 is 0. The van der Waals surface area contributed by atoms with Crippen LogP contribution in [0.15, 0.2) is 36.0 Å². The van der Waals surface area contributed by atoms with Crippen molar-refractivity contribution in [1.82, 2.24) is 0 Å². The zero-order valence-electron chi connectivity index (χ0n) is 6.61. The first-order chi connectivity index (χ1) is 5.29. The molecule has 0 aliphatic rings. The van der Waals surface area contributed by atoms with E-state index in [9.17, 15) is 0 Å². The van der Waals surface area contributed by atoms with Gasteiger partial charge in [0, 0.05) is 10.7 Å². The van der Waals surface area contributed by atoms with E-state index in [1.54, 1.807) is 0 Å². The number of alkyl halides is 2. The molecule has 11 heavy (non-hydrogen) atoms. The average molecular weight is 280 g/mol. The number of hydrogen-bond donors (Lipinski definition) is 0. The van der Waals surface area contributed by atoms with Crippen molar-refractivity contribution in [3.8, 4) is 0 Å². The molecule has 0 aromatic carbocycles. The molecule has 0 aliphatic heterocycles. The fourth-order valence-electron chi connectivity index (χ4n) is 0.728. The standard InChI is InChI=1S/C9H12Br2/c1-3-5-9(7-11)8(4-2)6-10/h3-5H,1,6-7H2,2H3/b8-4-,9-5-. The van der Waals surface area contributed by atoms with Crippen LogP contribution >= 0.6 is 31.9 Å². The summed E-state index contributed by atoms with van der Waals surface area (Å²) in [7, 11) is 0. The lowest BCUT2D eigenvalue weighted by atomic mass is 10.1. The Morgan fingerprint density at radius 2 is 1.82 bits per heavy atom. The highest BCUT2D eigenvalue weighted by Gasteiger charge is 1.98. The number of rotatable bonds is 4. The van der Waals surface area contributed by atoms with Gasteiger partial charge in [-0.15, -0.1) is 0 Å². The Labute approximate surface area is 85.3 Å². The Morgan fingerprint density at radius 1 is 1.27 bits per heavy atom. The van der Waals surface area contributed by atoms with Crippen LogP contribution in [0.4, 0.5) is 0 Å². The lowest BCUT2D eigenvalue weighted by Gasteiger charge is -2.03. The molecule has 0 amide bonds. The van der Waals surface area contributed by atoms with Crippen LogP contribution in [0, 0.1) is 0 Å². The van der Waals surface area contributed by atoms with Crippen LogP contribution in [0.1, 0.15) is 6.92 Å². The largest absolute Gasteiger partial charge is 0.0991 e. The Kier molecular flexibility index (Phi) is 6.98. The van der Waals surface area contributed by atoms with E-state index in [2.05, 4.69) is 44.5 Å². The molecule has 0 bridgehead atoms. The molecular formula is C9H12Br2. The van der Waals surface area contributed by atoms with Gasteiger partial charge in [0.2, 0.25) is 0 Å². The first-order valence-electron chi connectivity index (χ1n) is 3.39. The molecule has 0 saturated heterocycles. The second-order valence-corrected chi connectivity index (χ2v) is 3.13. The predicted octanol–water partition coefficient (Wildman–Crippen LogP) is 3.83. The molecule has 0 N–H and O–H groups in total. The molecule has 0 nitrogen and oxygen atoms in total. The summed E-state index contributed by atoms with van der Waals surface area (Å²) >= 11 is 6.84. The Balaban J connectivity index is 4.47. The van der Waals surface area contributed by atoms with Crippen LogP contribution in [0.2, 0.25) is 0 Å². The maximum absolute atomic E-state index is 3.66. The molecule has 0 rings (SSSR count). The minimum atomic E-state index is 0.879. The maximum atomic E-state index is 3.66. The second-order valence-electron chi connectivity index (χ2n) is 2.01. The smallest absolute Gasteiger partial charge is 0.0285 e. The normalized spacial score (nSPS) is 13.4. The minimum Gasteiger partial charge on any atom is -0.0991 e. The van der Waals surface area contributed by atoms with Crippen molar-refractivity contribution >= 4 is 31.9 Å². The summed E-state index contributed by atoms with van der Waals surface area (Å²) in [6, 6.07) is 0. The van der Waals surface area contributed by atoms with Gasteiger partial charge in [-0.05, 0) is 18.1 Å². The van der Waals surface area contributed by atoms with Gasteiger partial charge in [0.15, 0.2) is 0 Å². The van der Waals surface area contributed by atoms with E-state index >= 15 is 0 Å². The van der Waals surface area contributed by atoms with E-state index in [0.29, 0.717) is 0 Å². The second kappa shape index (κ2) is 6.86. The van der Waals surface area contributed by atoms with Gasteiger partial charge in [0.1, 0.15) is 0 Å². The molecule has 2 heteroatoms. The van der Waals surface area contributed by atoms with Gasteiger partial charge in [-0.1, -0.05) is 56.7 Å². The van der Waals surface area contributed by atoms with Gasteiger partial charge in [0.25, 0.3) is 0 Å². The summed E-state index contributed by atoms with van der Waals surface area (Å²) in [5.74, 6) is 0. The van der Waals surface area contributed by atoms with Crippen LogP contribution in [0.25, 0.3) is 0 Å². The van der Waals surface area contributed by atoms with Crippen LogP contribution in [-0.4, -0.2) is 10.7 Å². The highest BCUT2D eigenvalue weighted by atomic mass is 79.9. The first kappa shape index (κ1) is 11.2. The van der Waals surface area contributed by atoms with Gasteiger partial charge >= 0.3 is 0 Å². The molecule has 0 saturated carbocycles. The van der Waals surface area contributed by atoms with Crippen molar-refractivity contribution in [2.45, 2.75) is 6.92 Å². The van der Waals surface area contributed by atoms with E-state index in [1.165, 1.54) is 11.1 Å². The summed E-state index contributed by atoms with van der Waals surface area (Å²) in [5.41, 5.74) is 2.58. The number of halogens is 2. The number of hydrogen-bond acceptors (Lipinski definition) is 0. The third-order valence-corrected chi connectivity index (χ3v) is 2.58. The maximum Gasteiger partial charge on any atom is 0.0285 e. The summed E-state index contributed by atoms with van der Waals surface area (Å²) in [5, 5.41) is 1.78. The zero-order valence-corrected chi connectivity index (χ0v) is 9.78. The number of allylic oxidation sites excluding steroid dienone is 5. The summed E-state index contributed by atoms with van der Waals surface area (Å²) in [6.07, 6.45) is 5.93. The van der Waals surface area contributed by atoms with Crippen LogP contribution < -0.4 is 0 Å². The molecule has 0 radical (unpaired) electrons. The molecule has 0 fully saturated rings. The van der Waals surface area contributed by atoms with Gasteiger partial charge in [-0.25, -0.2) is 0 Å². The fraction of sp³-hybridized carbons (Fsp3) is 0.333. The van der Waals surface area contributed by atoms with Crippen molar-refractivity contribution in [1.29, 1.82) is 0 Å². The average Bonchev–Trinajstić information content (AvgIpc) is 2.05. The SMILES string of the molecule is C=C/C=C(CBr)\C(=C/C)CBr. The summed E-state index contributed by atoms with van der Waals surface area (Å²) in [4.78, 5) is 0. The van der Waals surface area contributed by atoms with Crippen molar-refractivity contribution in [2.24, 2.45) is 0 Å². The molecule has 0 atom stereocenters. The van der Waals surface area contributed by atoms with Gasteiger partial charge in [-0.3, -0.25) is 0 Å². The molecule has 0 aromatic heterocycles. The molecule has 0 aromatic rings. The van der Waals surface area contributed by atoms with Gasteiger partial charge in [0.05, 0.1) is 0 Å². The first-order valence-corrected chi connectivity index (χ1v) is 5.63. The minimum absolute atomic E-state index is 0.879. The van der Waals surface area contributed by atoms with E-state index in [-0.39, 0.29) is 0 Å². The quantitative estimate of drug-likeness (QED) is 0.542. The highest BCUT2D eigenvalue weighted by molar-refractivity contribution is 9.09. The lowest BCUT2D eigenvalue weighted by Crippen LogP contribution is -1.91. The zero-order chi connectivity index (χ0) is 8.69. The van der Waals surface area contributed by atoms with Crippen LogP contribution in [0.3, 0.4) is 0 Å². The highest BCUT2D eigenvalue weighted by Crippen LogP contribution is 2.14. The van der Waals surface area contributed by atoms with E-state index in [0.717, 1.165) is 10.7 Å². The van der Waals surface area contributed by atoms with Crippen LogP contribution in [0.5, 0.6) is 0 Å². The van der Waals surface area contributed by atoms with Crippen molar-refractivity contribution in [3.63, 3.8) is 0 Å². The van der Waals surface area contributed by atoms with E-state index in [1.807, 2.05) is 19.1 Å². The van der Waals surface area contributed by atoms with Gasteiger partial charge < -0.3 is 0 Å². The summed E-state index contributed by atoms with van der Waals surface area (Å²) in [6.45, 7) is 5.70.